The molecule has 0 aliphatic rings. The van der Waals surface area contributed by atoms with Gasteiger partial charge in [0.15, 0.2) is 0 Å². The highest BCUT2D eigenvalue weighted by molar-refractivity contribution is 5.36. The van der Waals surface area contributed by atoms with Gasteiger partial charge < -0.3 is 19.9 Å². The molecule has 0 amide bonds. The van der Waals surface area contributed by atoms with Crippen LogP contribution in [-0.2, 0) is 6.42 Å². The van der Waals surface area contributed by atoms with Gasteiger partial charge in [0.1, 0.15) is 5.75 Å². The Labute approximate surface area is 116 Å². The maximum Gasteiger partial charge on any atom is 0.330 e. The predicted octanol–water partition coefficient (Wildman–Crippen LogP) is 1.25. The van der Waals surface area contributed by atoms with Crippen molar-refractivity contribution < 1.29 is 14.6 Å². The summed E-state index contributed by atoms with van der Waals surface area (Å²) in [6.45, 7) is 0.0443. The van der Waals surface area contributed by atoms with E-state index in [1.54, 1.807) is 13.1 Å². The Morgan fingerprint density at radius 1 is 1.15 bits per heavy atom. The summed E-state index contributed by atoms with van der Waals surface area (Å²) in [4.78, 5) is 12.1. The highest BCUT2D eigenvalue weighted by atomic mass is 16.5. The molecule has 1 heterocycles. The van der Waals surface area contributed by atoms with Gasteiger partial charge in [-0.15, -0.1) is 4.98 Å². The average molecular weight is 276 g/mol. The van der Waals surface area contributed by atoms with Gasteiger partial charge in [-0.2, -0.15) is 9.97 Å². The van der Waals surface area contributed by atoms with Crippen molar-refractivity contribution in [3.63, 3.8) is 0 Å². The van der Waals surface area contributed by atoms with Crippen LogP contribution in [0.1, 0.15) is 5.56 Å². The number of aliphatic hydroxyl groups is 1. The highest BCUT2D eigenvalue weighted by Gasteiger charge is 2.10. The molecule has 2 rings (SSSR count). The van der Waals surface area contributed by atoms with Gasteiger partial charge in [-0.05, 0) is 18.1 Å². The summed E-state index contributed by atoms with van der Waals surface area (Å²) >= 11 is 0. The Balaban J connectivity index is 2.29. The molecule has 0 fully saturated rings. The standard InChI is InChI=1S/C13H16N4O3/c1-14-11-15-12(19-2)17-13(16-11)20-10-6-4-3-5-9(10)7-8-18/h3-6,18H,7-8H2,1-2H3,(H,14,15,16,17). The summed E-state index contributed by atoms with van der Waals surface area (Å²) in [7, 11) is 3.16. The van der Waals surface area contributed by atoms with Crippen molar-refractivity contribution in [3.8, 4) is 17.8 Å². The van der Waals surface area contributed by atoms with Crippen LogP contribution in [-0.4, -0.2) is 40.8 Å². The minimum Gasteiger partial charge on any atom is -0.467 e. The van der Waals surface area contributed by atoms with Crippen LogP contribution < -0.4 is 14.8 Å². The van der Waals surface area contributed by atoms with Crippen LogP contribution in [0.3, 0.4) is 0 Å². The van der Waals surface area contributed by atoms with Gasteiger partial charge in [0.2, 0.25) is 5.95 Å². The Bertz CT molecular complexity index is 555. The lowest BCUT2D eigenvalue weighted by Crippen LogP contribution is -2.04. The van der Waals surface area contributed by atoms with E-state index in [0.717, 1.165) is 5.56 Å². The van der Waals surface area contributed by atoms with Crippen molar-refractivity contribution in [3.05, 3.63) is 29.8 Å². The van der Waals surface area contributed by atoms with E-state index in [1.807, 2.05) is 18.2 Å². The quantitative estimate of drug-likeness (QED) is 0.820. The van der Waals surface area contributed by atoms with Gasteiger partial charge >= 0.3 is 12.0 Å². The second-order valence-electron chi connectivity index (χ2n) is 3.86. The first-order chi connectivity index (χ1) is 9.76. The molecule has 7 nitrogen and oxygen atoms in total. The largest absolute Gasteiger partial charge is 0.467 e. The van der Waals surface area contributed by atoms with Crippen molar-refractivity contribution in [2.75, 3.05) is 26.1 Å². The molecule has 106 valence electrons. The maximum atomic E-state index is 9.05. The van der Waals surface area contributed by atoms with Crippen molar-refractivity contribution in [2.24, 2.45) is 0 Å². The number of hydrogen-bond acceptors (Lipinski definition) is 7. The fraction of sp³-hybridized carbons (Fsp3) is 0.308. The van der Waals surface area contributed by atoms with Gasteiger partial charge in [0.05, 0.1) is 7.11 Å². The van der Waals surface area contributed by atoms with E-state index >= 15 is 0 Å². The Morgan fingerprint density at radius 2 is 1.90 bits per heavy atom. The molecule has 0 unspecified atom stereocenters. The fourth-order valence-corrected chi connectivity index (χ4v) is 1.62. The molecule has 20 heavy (non-hydrogen) atoms. The van der Waals surface area contributed by atoms with Crippen LogP contribution in [0, 0.1) is 0 Å². The number of methoxy groups -OCH3 is 1. The average Bonchev–Trinajstić information content (AvgIpc) is 2.49. The number of benzene rings is 1. The molecule has 0 aliphatic heterocycles. The van der Waals surface area contributed by atoms with Gasteiger partial charge in [-0.25, -0.2) is 0 Å². The van der Waals surface area contributed by atoms with Gasteiger partial charge in [-0.3, -0.25) is 0 Å². The zero-order valence-corrected chi connectivity index (χ0v) is 11.3. The molecule has 2 aromatic rings. The van der Waals surface area contributed by atoms with Gasteiger partial charge in [-0.1, -0.05) is 18.2 Å². The lowest BCUT2D eigenvalue weighted by molar-refractivity contribution is 0.297. The fourth-order valence-electron chi connectivity index (χ4n) is 1.62. The van der Waals surface area contributed by atoms with Crippen molar-refractivity contribution >= 4 is 5.95 Å². The number of anilines is 1. The number of nitrogens with one attached hydrogen (secondary N) is 1. The van der Waals surface area contributed by atoms with E-state index in [-0.39, 0.29) is 18.6 Å². The Hall–Kier alpha value is -2.41. The summed E-state index contributed by atoms with van der Waals surface area (Å²) in [5.41, 5.74) is 0.875. The molecule has 0 saturated carbocycles. The normalized spacial score (nSPS) is 10.2. The lowest BCUT2D eigenvalue weighted by atomic mass is 10.1. The summed E-state index contributed by atoms with van der Waals surface area (Å²) in [5.74, 6) is 0.948. The predicted molar refractivity (Wildman–Crippen MR) is 73.2 cm³/mol. The minimum atomic E-state index is 0.0443. The van der Waals surface area contributed by atoms with Crippen LogP contribution in [0.4, 0.5) is 5.95 Å². The van der Waals surface area contributed by atoms with E-state index < -0.39 is 0 Å². The highest BCUT2D eigenvalue weighted by Crippen LogP contribution is 2.24. The van der Waals surface area contributed by atoms with Crippen LogP contribution in [0.2, 0.25) is 0 Å². The first kappa shape index (κ1) is 14.0. The molecule has 0 saturated heterocycles. The molecule has 0 radical (unpaired) electrons. The molecule has 7 heteroatoms. The third-order valence-corrected chi connectivity index (χ3v) is 2.56. The minimum absolute atomic E-state index is 0.0443. The molecular weight excluding hydrogens is 260 g/mol. The summed E-state index contributed by atoms with van der Waals surface area (Å²) in [6, 6.07) is 7.69. The Morgan fingerprint density at radius 3 is 2.60 bits per heavy atom. The number of aliphatic hydroxyl groups excluding tert-OH is 1. The van der Waals surface area contributed by atoms with Crippen molar-refractivity contribution in [1.82, 2.24) is 15.0 Å². The van der Waals surface area contributed by atoms with E-state index in [1.165, 1.54) is 7.11 Å². The zero-order chi connectivity index (χ0) is 14.4. The van der Waals surface area contributed by atoms with Crippen LogP contribution in [0.15, 0.2) is 24.3 Å². The molecule has 0 spiro atoms. The van der Waals surface area contributed by atoms with Crippen molar-refractivity contribution in [2.45, 2.75) is 6.42 Å². The zero-order valence-electron chi connectivity index (χ0n) is 11.3. The summed E-state index contributed by atoms with van der Waals surface area (Å²) in [6.07, 6.45) is 0.497. The number of rotatable bonds is 6. The van der Waals surface area contributed by atoms with Gasteiger partial charge in [0.25, 0.3) is 0 Å². The number of ether oxygens (including phenoxy) is 2. The number of hydrogen-bond donors (Lipinski definition) is 2. The summed E-state index contributed by atoms with van der Waals surface area (Å²) < 4.78 is 10.6. The van der Waals surface area contributed by atoms with Crippen LogP contribution in [0.25, 0.3) is 0 Å². The van der Waals surface area contributed by atoms with E-state index in [2.05, 4.69) is 20.3 Å². The first-order valence-corrected chi connectivity index (χ1v) is 6.11. The third kappa shape index (κ3) is 3.33. The summed E-state index contributed by atoms with van der Waals surface area (Å²) in [5, 5.41) is 11.9. The molecule has 2 N–H and O–H groups in total. The van der Waals surface area contributed by atoms with Crippen molar-refractivity contribution in [1.29, 1.82) is 0 Å². The molecular formula is C13H16N4O3. The molecule has 0 aliphatic carbocycles. The third-order valence-electron chi connectivity index (χ3n) is 2.56. The second kappa shape index (κ2) is 6.67. The monoisotopic (exact) mass is 276 g/mol. The molecule has 1 aromatic carbocycles. The topological polar surface area (TPSA) is 89.4 Å². The number of nitrogens with zero attached hydrogens (tertiary/aromatic N) is 3. The van der Waals surface area contributed by atoms with Gasteiger partial charge in [0, 0.05) is 13.7 Å². The van der Waals surface area contributed by atoms with Crippen LogP contribution >= 0.6 is 0 Å². The molecule has 0 bridgehead atoms. The smallest absolute Gasteiger partial charge is 0.330 e. The molecule has 1 aromatic heterocycles. The first-order valence-electron chi connectivity index (χ1n) is 6.11. The number of aromatic nitrogens is 3. The van der Waals surface area contributed by atoms with Crippen LogP contribution in [0.5, 0.6) is 17.8 Å². The maximum absolute atomic E-state index is 9.05. The van der Waals surface area contributed by atoms with E-state index in [4.69, 9.17) is 14.6 Å². The Kier molecular flexibility index (Phi) is 4.67. The SMILES string of the molecule is CNc1nc(OC)nc(Oc2ccccc2CCO)n1. The number of para-hydroxylation sites is 1. The lowest BCUT2D eigenvalue weighted by Gasteiger charge is -2.10. The van der Waals surface area contributed by atoms with E-state index in [0.29, 0.717) is 18.1 Å². The van der Waals surface area contributed by atoms with E-state index in [9.17, 15) is 0 Å². The molecule has 0 atom stereocenters. The second-order valence-corrected chi connectivity index (χ2v) is 3.86.